The van der Waals surface area contributed by atoms with E-state index in [1.165, 1.54) is 35.9 Å². The monoisotopic (exact) mass is 457 g/mol. The second-order valence-corrected chi connectivity index (χ2v) is 7.49. The Morgan fingerprint density at radius 1 is 1.12 bits per heavy atom. The number of pyridine rings is 1. The van der Waals surface area contributed by atoms with Crippen LogP contribution in [0.25, 0.3) is 21.9 Å². The number of carboxylic acid groups (broad SMARTS) is 1. The zero-order valence-corrected chi connectivity index (χ0v) is 18.2. The lowest BCUT2D eigenvalue weighted by Crippen LogP contribution is -2.27. The highest BCUT2D eigenvalue weighted by molar-refractivity contribution is 5.99. The molecule has 0 saturated carbocycles. The molecule has 0 amide bonds. The van der Waals surface area contributed by atoms with Crippen molar-refractivity contribution in [2.45, 2.75) is 6.54 Å². The van der Waals surface area contributed by atoms with Gasteiger partial charge in [0.1, 0.15) is 23.3 Å². The van der Waals surface area contributed by atoms with Crippen molar-refractivity contribution in [2.24, 2.45) is 0 Å². The molecule has 2 N–H and O–H groups in total. The summed E-state index contributed by atoms with van der Waals surface area (Å²) in [4.78, 5) is 24.8. The molecule has 7 nitrogen and oxygen atoms in total. The van der Waals surface area contributed by atoms with Crippen molar-refractivity contribution < 1.29 is 19.0 Å². The van der Waals surface area contributed by atoms with Gasteiger partial charge >= 0.3 is 5.97 Å². The van der Waals surface area contributed by atoms with Gasteiger partial charge in [-0.15, -0.1) is 0 Å². The van der Waals surface area contributed by atoms with Gasteiger partial charge in [-0.1, -0.05) is 24.3 Å². The number of rotatable bonds is 7. The van der Waals surface area contributed by atoms with Gasteiger partial charge in [0.15, 0.2) is 0 Å². The summed E-state index contributed by atoms with van der Waals surface area (Å²) >= 11 is 0. The minimum Gasteiger partial charge on any atom is -0.497 e. The second kappa shape index (κ2) is 9.46. The number of para-hydroxylation sites is 1. The standard InChI is InChI=1S/C26H20FN3O4/c1-34-18-9-10-19-21(14-18)24(16-5-4-6-17(27)13-16)23(15-28)30(25(19)31)12-11-29-22-8-3-2-7-20(22)26(32)33/h2-10,13-14,29H,11-12H2,1H3,(H,32,33). The number of carboxylic acids is 1. The number of hydrogen-bond donors (Lipinski definition) is 2. The van der Waals surface area contributed by atoms with Gasteiger partial charge in [0.25, 0.3) is 5.56 Å². The van der Waals surface area contributed by atoms with Crippen LogP contribution in [-0.4, -0.2) is 29.3 Å². The van der Waals surface area contributed by atoms with Gasteiger partial charge in [0.05, 0.1) is 12.7 Å². The third-order valence-corrected chi connectivity index (χ3v) is 5.51. The van der Waals surface area contributed by atoms with Gasteiger partial charge in [-0.25, -0.2) is 9.18 Å². The van der Waals surface area contributed by atoms with Gasteiger partial charge in [-0.2, -0.15) is 5.26 Å². The Balaban J connectivity index is 1.84. The SMILES string of the molecule is COc1ccc2c(=O)n(CCNc3ccccc3C(=O)O)c(C#N)c(-c3cccc(F)c3)c2c1. The van der Waals surface area contributed by atoms with Crippen molar-refractivity contribution in [1.29, 1.82) is 5.26 Å². The number of halogens is 1. The summed E-state index contributed by atoms with van der Waals surface area (Å²) in [7, 11) is 1.50. The summed E-state index contributed by atoms with van der Waals surface area (Å²) in [6.45, 7) is 0.267. The molecule has 0 unspecified atom stereocenters. The van der Waals surface area contributed by atoms with Crippen molar-refractivity contribution in [3.05, 3.63) is 94.2 Å². The van der Waals surface area contributed by atoms with E-state index in [2.05, 4.69) is 11.4 Å². The van der Waals surface area contributed by atoms with Crippen molar-refractivity contribution in [3.63, 3.8) is 0 Å². The number of benzene rings is 3. The molecule has 8 heteroatoms. The highest BCUT2D eigenvalue weighted by Gasteiger charge is 2.19. The lowest BCUT2D eigenvalue weighted by atomic mass is 9.96. The fourth-order valence-corrected chi connectivity index (χ4v) is 3.95. The van der Waals surface area contributed by atoms with Crippen molar-refractivity contribution in [2.75, 3.05) is 19.0 Å². The summed E-state index contributed by atoms with van der Waals surface area (Å²) in [6, 6.07) is 19.3. The zero-order chi connectivity index (χ0) is 24.2. The lowest BCUT2D eigenvalue weighted by molar-refractivity contribution is 0.0698. The lowest BCUT2D eigenvalue weighted by Gasteiger charge is -2.17. The number of ether oxygens (including phenoxy) is 1. The molecule has 1 heterocycles. The van der Waals surface area contributed by atoms with Crippen molar-refractivity contribution >= 4 is 22.4 Å². The molecule has 170 valence electrons. The number of carbonyl (C=O) groups is 1. The van der Waals surface area contributed by atoms with Gasteiger partial charge in [-0.05, 0) is 48.0 Å². The van der Waals surface area contributed by atoms with E-state index in [9.17, 15) is 24.3 Å². The third-order valence-electron chi connectivity index (χ3n) is 5.51. The summed E-state index contributed by atoms with van der Waals surface area (Å²) < 4.78 is 20.7. The normalized spacial score (nSPS) is 10.6. The van der Waals surface area contributed by atoms with Crippen LogP contribution < -0.4 is 15.6 Å². The molecule has 3 aromatic carbocycles. The fraction of sp³-hybridized carbons (Fsp3) is 0.115. The van der Waals surface area contributed by atoms with E-state index in [1.807, 2.05) is 0 Å². The Labute approximate surface area is 194 Å². The van der Waals surface area contributed by atoms with Gasteiger partial charge in [-0.3, -0.25) is 9.36 Å². The van der Waals surface area contributed by atoms with E-state index < -0.39 is 11.8 Å². The predicted molar refractivity (Wildman–Crippen MR) is 127 cm³/mol. The Bertz CT molecular complexity index is 1500. The third kappa shape index (κ3) is 4.19. The number of anilines is 1. The van der Waals surface area contributed by atoms with E-state index in [1.54, 1.807) is 42.5 Å². The Morgan fingerprint density at radius 3 is 2.62 bits per heavy atom. The van der Waals surface area contributed by atoms with Crippen LogP contribution >= 0.6 is 0 Å². The number of aromatic nitrogens is 1. The van der Waals surface area contributed by atoms with Crippen LogP contribution in [0.1, 0.15) is 16.1 Å². The zero-order valence-electron chi connectivity index (χ0n) is 18.2. The molecule has 1 aromatic heterocycles. The molecule has 0 aliphatic rings. The van der Waals surface area contributed by atoms with Crippen molar-refractivity contribution in [1.82, 2.24) is 4.57 Å². The maximum atomic E-state index is 14.1. The fourth-order valence-electron chi connectivity index (χ4n) is 3.95. The molecule has 4 rings (SSSR count). The van der Waals surface area contributed by atoms with Crippen LogP contribution in [-0.2, 0) is 6.54 Å². The first kappa shape index (κ1) is 22.6. The highest BCUT2D eigenvalue weighted by Crippen LogP contribution is 2.33. The predicted octanol–water partition coefficient (Wildman–Crippen LogP) is 4.50. The maximum absolute atomic E-state index is 14.1. The summed E-state index contributed by atoms with van der Waals surface area (Å²) in [5.41, 5.74) is 1.06. The molecule has 4 aromatic rings. The van der Waals surface area contributed by atoms with E-state index in [0.717, 1.165) is 0 Å². The number of nitriles is 1. The topological polar surface area (TPSA) is 104 Å². The molecular formula is C26H20FN3O4. The molecule has 34 heavy (non-hydrogen) atoms. The smallest absolute Gasteiger partial charge is 0.337 e. The molecule has 0 spiro atoms. The molecule has 0 atom stereocenters. The Hall–Kier alpha value is -4.64. The minimum absolute atomic E-state index is 0.0738. The number of aromatic carboxylic acids is 1. The minimum atomic E-state index is -1.08. The maximum Gasteiger partial charge on any atom is 0.337 e. The summed E-state index contributed by atoms with van der Waals surface area (Å²) in [6.07, 6.45) is 0. The second-order valence-electron chi connectivity index (χ2n) is 7.49. The Kier molecular flexibility index (Phi) is 6.28. The summed E-state index contributed by atoms with van der Waals surface area (Å²) in [5, 5.41) is 23.3. The first-order valence-electron chi connectivity index (χ1n) is 10.4. The van der Waals surface area contributed by atoms with Crippen LogP contribution in [0.15, 0.2) is 71.5 Å². The first-order chi connectivity index (χ1) is 16.4. The molecule has 0 aliphatic heterocycles. The molecule has 0 saturated heterocycles. The average molecular weight is 457 g/mol. The van der Waals surface area contributed by atoms with Crippen molar-refractivity contribution in [3.8, 4) is 22.9 Å². The van der Waals surface area contributed by atoms with Crippen LogP contribution in [0.2, 0.25) is 0 Å². The molecular weight excluding hydrogens is 437 g/mol. The van der Waals surface area contributed by atoms with Gasteiger partial charge < -0.3 is 15.2 Å². The van der Waals surface area contributed by atoms with Gasteiger partial charge in [0, 0.05) is 35.1 Å². The first-order valence-corrected chi connectivity index (χ1v) is 10.4. The molecule has 0 aliphatic carbocycles. The van der Waals surface area contributed by atoms with E-state index in [0.29, 0.717) is 33.3 Å². The number of fused-ring (bicyclic) bond motifs is 1. The van der Waals surface area contributed by atoms with Crippen LogP contribution in [0.3, 0.4) is 0 Å². The van der Waals surface area contributed by atoms with Gasteiger partial charge in [0.2, 0.25) is 0 Å². The van der Waals surface area contributed by atoms with Crippen LogP contribution in [0.5, 0.6) is 5.75 Å². The Morgan fingerprint density at radius 2 is 1.91 bits per heavy atom. The van der Waals surface area contributed by atoms with E-state index in [4.69, 9.17) is 4.74 Å². The molecule has 0 radical (unpaired) electrons. The molecule has 0 bridgehead atoms. The highest BCUT2D eigenvalue weighted by atomic mass is 19.1. The number of nitrogens with zero attached hydrogens (tertiary/aromatic N) is 2. The average Bonchev–Trinajstić information content (AvgIpc) is 2.84. The quantitative estimate of drug-likeness (QED) is 0.424. The number of methoxy groups -OCH3 is 1. The largest absolute Gasteiger partial charge is 0.497 e. The van der Waals surface area contributed by atoms with Crippen LogP contribution in [0.4, 0.5) is 10.1 Å². The summed E-state index contributed by atoms with van der Waals surface area (Å²) in [5.74, 6) is -1.05. The number of nitrogens with one attached hydrogen (secondary N) is 1. The van der Waals surface area contributed by atoms with E-state index in [-0.39, 0.29) is 29.9 Å². The number of hydrogen-bond acceptors (Lipinski definition) is 5. The molecule has 0 fully saturated rings. The van der Waals surface area contributed by atoms with Crippen LogP contribution in [0, 0.1) is 17.1 Å². The van der Waals surface area contributed by atoms with E-state index >= 15 is 0 Å².